The molecule has 1 unspecified atom stereocenters. The van der Waals surface area contributed by atoms with Crippen molar-refractivity contribution in [1.82, 2.24) is 25.1 Å². The molecule has 1 aliphatic carbocycles. The second-order valence-electron chi connectivity index (χ2n) is 12.7. The number of nitrogens with one attached hydrogen (secondary N) is 2. The summed E-state index contributed by atoms with van der Waals surface area (Å²) < 4.78 is 11.5. The highest BCUT2D eigenvalue weighted by Crippen LogP contribution is 2.30. The van der Waals surface area contributed by atoms with E-state index in [-0.39, 0.29) is 18.4 Å². The highest BCUT2D eigenvalue weighted by Gasteiger charge is 2.25. The maximum absolute atomic E-state index is 13.3. The normalized spacial score (nSPS) is 17.7. The second-order valence-corrected chi connectivity index (χ2v) is 12.7. The van der Waals surface area contributed by atoms with Gasteiger partial charge in [-0.15, -0.1) is 0 Å². The van der Waals surface area contributed by atoms with Crippen LogP contribution in [0.5, 0.6) is 5.75 Å². The van der Waals surface area contributed by atoms with Crippen LogP contribution in [0.15, 0.2) is 35.1 Å². The summed E-state index contributed by atoms with van der Waals surface area (Å²) in [5.41, 5.74) is 4.98. The average molecular weight is 632 g/mol. The predicted molar refractivity (Wildman–Crippen MR) is 174 cm³/mol. The number of carbonyl (C=O) groups excluding carboxylic acids is 2. The number of aryl methyl sites for hydroxylation is 1. The third kappa shape index (κ3) is 7.45. The molecule has 1 atom stereocenters. The number of fused-ring (bicyclic) bond motifs is 1. The highest BCUT2D eigenvalue weighted by molar-refractivity contribution is 5.95. The minimum absolute atomic E-state index is 0.0736. The van der Waals surface area contributed by atoms with Crippen molar-refractivity contribution >= 4 is 23.5 Å². The Morgan fingerprint density at radius 3 is 2.63 bits per heavy atom. The van der Waals surface area contributed by atoms with Crippen LogP contribution in [0.1, 0.15) is 64.7 Å². The highest BCUT2D eigenvalue weighted by atomic mass is 16.5. The first-order valence-corrected chi connectivity index (χ1v) is 16.3. The second kappa shape index (κ2) is 14.1. The molecule has 1 saturated heterocycles. The Kier molecular flexibility index (Phi) is 9.74. The lowest BCUT2D eigenvalue weighted by atomic mass is 9.93. The molecule has 12 nitrogen and oxygen atoms in total. The van der Waals surface area contributed by atoms with Gasteiger partial charge in [-0.3, -0.25) is 14.5 Å². The Balaban J connectivity index is 1.03. The van der Waals surface area contributed by atoms with Crippen LogP contribution in [-0.2, 0) is 24.4 Å². The van der Waals surface area contributed by atoms with Gasteiger partial charge in [-0.05, 0) is 74.4 Å². The van der Waals surface area contributed by atoms with Crippen LogP contribution < -0.4 is 20.3 Å². The Morgan fingerprint density at radius 2 is 1.93 bits per heavy atom. The van der Waals surface area contributed by atoms with E-state index in [9.17, 15) is 14.7 Å². The lowest BCUT2D eigenvalue weighted by Crippen LogP contribution is -2.48. The summed E-state index contributed by atoms with van der Waals surface area (Å²) >= 11 is 0. The van der Waals surface area contributed by atoms with Crippen LogP contribution >= 0.6 is 0 Å². The van der Waals surface area contributed by atoms with Crippen LogP contribution in [-0.4, -0.2) is 94.6 Å². The van der Waals surface area contributed by atoms with Gasteiger partial charge < -0.3 is 34.7 Å². The molecule has 2 amide bonds. The summed E-state index contributed by atoms with van der Waals surface area (Å²) in [5, 5.41) is 17.3. The monoisotopic (exact) mass is 631 g/mol. The minimum Gasteiger partial charge on any atom is -0.485 e. The fraction of sp³-hybridized carbons (Fsp3) is 0.529. The minimum atomic E-state index is -0.715. The molecule has 0 bridgehead atoms. The fourth-order valence-electron chi connectivity index (χ4n) is 6.37. The van der Waals surface area contributed by atoms with Gasteiger partial charge in [-0.25, -0.2) is 9.97 Å². The Labute approximate surface area is 270 Å². The SMILES string of the molecule is CC(=O)N1CCN(c2cc(C(=O)NCC(O)CN3CCc4c(ccc(OCc5ocnc5C)c4C)C3)cc(NC3CCC3)n2)CC1. The van der Waals surface area contributed by atoms with Crippen LogP contribution in [0.25, 0.3) is 0 Å². The number of piperazine rings is 1. The van der Waals surface area contributed by atoms with E-state index >= 15 is 0 Å². The van der Waals surface area contributed by atoms with E-state index in [0.717, 1.165) is 60.9 Å². The molecule has 4 heterocycles. The van der Waals surface area contributed by atoms with Gasteiger partial charge in [0.25, 0.3) is 5.91 Å². The molecule has 3 aliphatic rings. The van der Waals surface area contributed by atoms with Crippen molar-refractivity contribution in [1.29, 1.82) is 0 Å². The lowest BCUT2D eigenvalue weighted by Gasteiger charge is -2.35. The Morgan fingerprint density at radius 1 is 1.13 bits per heavy atom. The average Bonchev–Trinajstić information content (AvgIpc) is 3.45. The predicted octanol–water partition coefficient (Wildman–Crippen LogP) is 3.05. The smallest absolute Gasteiger partial charge is 0.251 e. The van der Waals surface area contributed by atoms with Crippen LogP contribution in [0, 0.1) is 13.8 Å². The maximum atomic E-state index is 13.3. The molecular weight excluding hydrogens is 586 g/mol. The summed E-state index contributed by atoms with van der Waals surface area (Å²) in [6.07, 6.45) is 4.95. The maximum Gasteiger partial charge on any atom is 0.251 e. The van der Waals surface area contributed by atoms with E-state index in [1.165, 1.54) is 23.9 Å². The van der Waals surface area contributed by atoms with E-state index in [1.54, 1.807) is 13.0 Å². The van der Waals surface area contributed by atoms with Gasteiger partial charge in [-0.2, -0.15) is 0 Å². The molecule has 46 heavy (non-hydrogen) atoms. The van der Waals surface area contributed by atoms with Crippen molar-refractivity contribution in [2.45, 2.75) is 71.8 Å². The first kappa shape index (κ1) is 31.8. The number of aromatic nitrogens is 2. The number of rotatable bonds is 11. The van der Waals surface area contributed by atoms with E-state index in [0.29, 0.717) is 56.8 Å². The standard InChI is InChI=1S/C34H45N7O5/c1-22-29-9-10-39(18-25(29)7-8-30(22)45-20-31-23(2)36-21-46-31)19-28(43)17-35-34(44)26-15-32(37-27-5-4-6-27)38-33(16-26)41-13-11-40(12-14-41)24(3)42/h7-8,15-16,21,27-28,43H,4-6,9-14,17-20H2,1-3H3,(H,35,44)(H,37,38). The van der Waals surface area contributed by atoms with Gasteiger partial charge in [0, 0.05) is 70.9 Å². The van der Waals surface area contributed by atoms with Crippen molar-refractivity contribution in [3.63, 3.8) is 0 Å². The lowest BCUT2D eigenvalue weighted by molar-refractivity contribution is -0.129. The molecule has 12 heteroatoms. The topological polar surface area (TPSA) is 136 Å². The van der Waals surface area contributed by atoms with Crippen LogP contribution in [0.3, 0.4) is 0 Å². The molecule has 2 fully saturated rings. The zero-order chi connectivity index (χ0) is 32.2. The molecule has 1 saturated carbocycles. The number of carbonyl (C=O) groups is 2. The van der Waals surface area contributed by atoms with Crippen molar-refractivity contribution < 1.29 is 23.8 Å². The van der Waals surface area contributed by atoms with Gasteiger partial charge in [-0.1, -0.05) is 6.07 Å². The van der Waals surface area contributed by atoms with E-state index < -0.39 is 6.10 Å². The summed E-state index contributed by atoms with van der Waals surface area (Å²) in [6, 6.07) is 8.08. The molecule has 1 aromatic carbocycles. The number of benzene rings is 1. The molecule has 0 spiro atoms. The zero-order valence-electron chi connectivity index (χ0n) is 27.1. The number of nitrogens with zero attached hydrogens (tertiary/aromatic N) is 5. The number of amides is 2. The third-order valence-electron chi connectivity index (χ3n) is 9.47. The van der Waals surface area contributed by atoms with Gasteiger partial charge in [0.2, 0.25) is 5.91 Å². The number of anilines is 2. The molecule has 246 valence electrons. The van der Waals surface area contributed by atoms with Crippen LogP contribution in [0.2, 0.25) is 0 Å². The number of hydrogen-bond donors (Lipinski definition) is 3. The summed E-state index contributed by atoms with van der Waals surface area (Å²) in [7, 11) is 0. The zero-order valence-corrected chi connectivity index (χ0v) is 27.1. The van der Waals surface area contributed by atoms with Crippen LogP contribution in [0.4, 0.5) is 11.6 Å². The van der Waals surface area contributed by atoms with E-state index in [4.69, 9.17) is 14.1 Å². The molecule has 6 rings (SSSR count). The number of aliphatic hydroxyl groups excluding tert-OH is 1. The van der Waals surface area contributed by atoms with E-state index in [1.807, 2.05) is 24.0 Å². The van der Waals surface area contributed by atoms with Gasteiger partial charge >= 0.3 is 0 Å². The van der Waals surface area contributed by atoms with Gasteiger partial charge in [0.1, 0.15) is 24.0 Å². The van der Waals surface area contributed by atoms with Crippen molar-refractivity contribution in [2.75, 3.05) is 56.0 Å². The summed E-state index contributed by atoms with van der Waals surface area (Å²) in [4.78, 5) is 40.3. The largest absolute Gasteiger partial charge is 0.485 e. The summed E-state index contributed by atoms with van der Waals surface area (Å²) in [5.74, 6) is 2.81. The molecule has 0 radical (unpaired) electrons. The molecular formula is C34H45N7O5. The van der Waals surface area contributed by atoms with Crippen molar-refractivity contribution in [3.8, 4) is 5.75 Å². The van der Waals surface area contributed by atoms with Gasteiger partial charge in [0.15, 0.2) is 12.2 Å². The number of ether oxygens (including phenoxy) is 1. The van der Waals surface area contributed by atoms with Gasteiger partial charge in [0.05, 0.1) is 11.8 Å². The number of pyridine rings is 1. The Hall–Kier alpha value is -4.16. The van der Waals surface area contributed by atoms with Crippen molar-refractivity contribution in [3.05, 3.63) is 64.4 Å². The number of aliphatic hydroxyl groups is 1. The number of β-amino-alcohol motifs (C(OH)–C–C–N with tert-alkyl or cyclic N) is 1. The number of oxazole rings is 1. The van der Waals surface area contributed by atoms with Crippen molar-refractivity contribution in [2.24, 2.45) is 0 Å². The van der Waals surface area contributed by atoms with E-state index in [2.05, 4.69) is 38.4 Å². The summed E-state index contributed by atoms with van der Waals surface area (Å²) in [6.45, 7) is 10.6. The first-order valence-electron chi connectivity index (χ1n) is 16.3. The fourth-order valence-corrected chi connectivity index (χ4v) is 6.37. The Bertz CT molecular complexity index is 1550. The quantitative estimate of drug-likeness (QED) is 0.290. The molecule has 2 aliphatic heterocycles. The number of hydrogen-bond acceptors (Lipinski definition) is 10. The molecule has 2 aromatic heterocycles. The molecule has 3 N–H and O–H groups in total. The first-order chi connectivity index (χ1) is 22.2. The molecule has 3 aromatic rings. The third-order valence-corrected chi connectivity index (χ3v) is 9.47.